The molecule has 2 nitrogen and oxygen atoms in total. The first kappa shape index (κ1) is 5.63. The van der Waals surface area contributed by atoms with Crippen molar-refractivity contribution in [1.29, 1.82) is 0 Å². The summed E-state index contributed by atoms with van der Waals surface area (Å²) in [5, 5.41) is 8.96. The van der Waals surface area contributed by atoms with E-state index < -0.39 is 0 Å². The van der Waals surface area contributed by atoms with Crippen LogP contribution in [0.2, 0.25) is 0 Å². The molecule has 0 radical (unpaired) electrons. The van der Waals surface area contributed by atoms with E-state index in [-0.39, 0.29) is 5.92 Å². The van der Waals surface area contributed by atoms with Crippen LogP contribution in [0.15, 0.2) is 11.8 Å². The van der Waals surface area contributed by atoms with E-state index in [4.69, 9.17) is 9.84 Å². The maximum absolute atomic E-state index is 8.96. The van der Waals surface area contributed by atoms with Crippen LogP contribution < -0.4 is 0 Å². The van der Waals surface area contributed by atoms with Crippen molar-refractivity contribution in [2.24, 2.45) is 5.92 Å². The normalized spacial score (nSPS) is 29.6. The summed E-state index contributed by atoms with van der Waals surface area (Å²) >= 11 is 0. The maximum Gasteiger partial charge on any atom is 0.0956 e. The minimum Gasteiger partial charge on any atom is -0.512 e. The molecule has 1 heterocycles. The molecule has 0 aromatic heterocycles. The number of aliphatic hydroxyl groups excluding tert-OH is 1. The SMILES string of the molecule is CC1COCC=C1O. The van der Waals surface area contributed by atoms with Crippen molar-refractivity contribution >= 4 is 0 Å². The summed E-state index contributed by atoms with van der Waals surface area (Å²) in [5.74, 6) is 0.667. The lowest BCUT2D eigenvalue weighted by Crippen LogP contribution is -2.14. The predicted molar refractivity (Wildman–Crippen MR) is 30.7 cm³/mol. The third-order valence-electron chi connectivity index (χ3n) is 1.28. The van der Waals surface area contributed by atoms with Crippen LogP contribution in [0.5, 0.6) is 0 Å². The molecule has 1 aliphatic heterocycles. The van der Waals surface area contributed by atoms with Crippen LogP contribution in [0.25, 0.3) is 0 Å². The largest absolute Gasteiger partial charge is 0.512 e. The second-order valence-electron chi connectivity index (χ2n) is 2.07. The highest BCUT2D eigenvalue weighted by Crippen LogP contribution is 2.10. The number of hydrogen-bond donors (Lipinski definition) is 1. The molecule has 0 amide bonds. The standard InChI is InChI=1S/C6H10O2/c1-5-4-8-3-2-6(5)7/h2,5,7H,3-4H2,1H3. The second kappa shape index (κ2) is 2.18. The van der Waals surface area contributed by atoms with Gasteiger partial charge < -0.3 is 9.84 Å². The van der Waals surface area contributed by atoms with Gasteiger partial charge in [0.1, 0.15) is 0 Å². The van der Waals surface area contributed by atoms with Gasteiger partial charge >= 0.3 is 0 Å². The van der Waals surface area contributed by atoms with Gasteiger partial charge in [0, 0.05) is 5.92 Å². The van der Waals surface area contributed by atoms with Crippen LogP contribution in [0.4, 0.5) is 0 Å². The summed E-state index contributed by atoms with van der Waals surface area (Å²) in [6.45, 7) is 3.16. The summed E-state index contributed by atoms with van der Waals surface area (Å²) in [4.78, 5) is 0. The van der Waals surface area contributed by atoms with Crippen molar-refractivity contribution in [3.8, 4) is 0 Å². The molecule has 1 rings (SSSR count). The molecule has 0 bridgehead atoms. The summed E-state index contributed by atoms with van der Waals surface area (Å²) in [6, 6.07) is 0. The molecule has 1 N–H and O–H groups in total. The van der Waals surface area contributed by atoms with E-state index >= 15 is 0 Å². The zero-order valence-corrected chi connectivity index (χ0v) is 4.92. The zero-order chi connectivity index (χ0) is 5.98. The molecular weight excluding hydrogens is 104 g/mol. The maximum atomic E-state index is 8.96. The monoisotopic (exact) mass is 114 g/mol. The van der Waals surface area contributed by atoms with Crippen LogP contribution in [0, 0.1) is 5.92 Å². The Morgan fingerprint density at radius 1 is 1.88 bits per heavy atom. The van der Waals surface area contributed by atoms with Crippen LogP contribution in [-0.2, 0) is 4.74 Å². The van der Waals surface area contributed by atoms with Crippen molar-refractivity contribution in [3.63, 3.8) is 0 Å². The lowest BCUT2D eigenvalue weighted by molar-refractivity contribution is 0.101. The van der Waals surface area contributed by atoms with E-state index in [0.29, 0.717) is 19.0 Å². The van der Waals surface area contributed by atoms with Crippen molar-refractivity contribution < 1.29 is 9.84 Å². The Labute approximate surface area is 48.8 Å². The van der Waals surface area contributed by atoms with Crippen LogP contribution >= 0.6 is 0 Å². The van der Waals surface area contributed by atoms with Crippen molar-refractivity contribution in [3.05, 3.63) is 11.8 Å². The van der Waals surface area contributed by atoms with Gasteiger partial charge in [-0.15, -0.1) is 0 Å². The van der Waals surface area contributed by atoms with E-state index in [1.54, 1.807) is 6.08 Å². The molecule has 0 aromatic rings. The van der Waals surface area contributed by atoms with Crippen molar-refractivity contribution in [2.75, 3.05) is 13.2 Å². The Hall–Kier alpha value is -0.500. The number of ether oxygens (including phenoxy) is 1. The first-order valence-corrected chi connectivity index (χ1v) is 2.77. The Bertz CT molecular complexity index is 107. The van der Waals surface area contributed by atoms with Gasteiger partial charge in [-0.3, -0.25) is 0 Å². The van der Waals surface area contributed by atoms with Crippen molar-refractivity contribution in [2.45, 2.75) is 6.92 Å². The Morgan fingerprint density at radius 2 is 2.62 bits per heavy atom. The molecular formula is C6H10O2. The fourth-order valence-electron chi connectivity index (χ4n) is 0.676. The van der Waals surface area contributed by atoms with E-state index in [2.05, 4.69) is 0 Å². The molecule has 2 heteroatoms. The number of hydrogen-bond acceptors (Lipinski definition) is 2. The van der Waals surface area contributed by atoms with E-state index in [0.717, 1.165) is 0 Å². The average molecular weight is 114 g/mol. The Balaban J connectivity index is 2.53. The third kappa shape index (κ3) is 1.01. The van der Waals surface area contributed by atoms with Crippen molar-refractivity contribution in [1.82, 2.24) is 0 Å². The fourth-order valence-corrected chi connectivity index (χ4v) is 0.676. The minimum absolute atomic E-state index is 0.198. The van der Waals surface area contributed by atoms with Gasteiger partial charge in [0.2, 0.25) is 0 Å². The molecule has 0 spiro atoms. The first-order chi connectivity index (χ1) is 3.80. The van der Waals surface area contributed by atoms with Crippen LogP contribution in [0.1, 0.15) is 6.92 Å². The second-order valence-corrected chi connectivity index (χ2v) is 2.07. The molecule has 0 saturated heterocycles. The minimum atomic E-state index is 0.198. The molecule has 46 valence electrons. The Morgan fingerprint density at radius 3 is 3.00 bits per heavy atom. The summed E-state index contributed by atoms with van der Waals surface area (Å²) < 4.78 is 5.02. The summed E-state index contributed by atoms with van der Waals surface area (Å²) in [5.41, 5.74) is 0. The fraction of sp³-hybridized carbons (Fsp3) is 0.667. The topological polar surface area (TPSA) is 29.5 Å². The molecule has 0 aliphatic carbocycles. The molecule has 0 saturated carbocycles. The molecule has 8 heavy (non-hydrogen) atoms. The highest BCUT2D eigenvalue weighted by atomic mass is 16.5. The first-order valence-electron chi connectivity index (χ1n) is 2.77. The smallest absolute Gasteiger partial charge is 0.0956 e. The Kier molecular flexibility index (Phi) is 1.53. The average Bonchev–Trinajstić information content (AvgIpc) is 1.77. The number of aliphatic hydroxyl groups is 1. The van der Waals surface area contributed by atoms with Crippen LogP contribution in [0.3, 0.4) is 0 Å². The lowest BCUT2D eigenvalue weighted by atomic mass is 10.1. The molecule has 0 aromatic carbocycles. The van der Waals surface area contributed by atoms with Gasteiger partial charge in [-0.25, -0.2) is 0 Å². The van der Waals surface area contributed by atoms with Gasteiger partial charge in [-0.2, -0.15) is 0 Å². The van der Waals surface area contributed by atoms with E-state index in [9.17, 15) is 0 Å². The summed E-state index contributed by atoms with van der Waals surface area (Å²) in [6.07, 6.45) is 1.70. The highest BCUT2D eigenvalue weighted by molar-refractivity contribution is 4.98. The molecule has 1 aliphatic rings. The van der Waals surface area contributed by atoms with Gasteiger partial charge in [-0.05, 0) is 6.08 Å². The van der Waals surface area contributed by atoms with E-state index in [1.807, 2.05) is 6.92 Å². The highest BCUT2D eigenvalue weighted by Gasteiger charge is 2.10. The quantitative estimate of drug-likeness (QED) is 0.511. The van der Waals surface area contributed by atoms with Gasteiger partial charge in [0.05, 0.1) is 19.0 Å². The van der Waals surface area contributed by atoms with Gasteiger partial charge in [0.25, 0.3) is 0 Å². The molecule has 1 unspecified atom stereocenters. The third-order valence-corrected chi connectivity index (χ3v) is 1.28. The van der Waals surface area contributed by atoms with Gasteiger partial charge in [-0.1, -0.05) is 6.92 Å². The lowest BCUT2D eigenvalue weighted by Gasteiger charge is -2.14. The van der Waals surface area contributed by atoms with Crippen LogP contribution in [-0.4, -0.2) is 18.3 Å². The molecule has 1 atom stereocenters. The van der Waals surface area contributed by atoms with Gasteiger partial charge in [0.15, 0.2) is 0 Å². The zero-order valence-electron chi connectivity index (χ0n) is 4.92. The number of rotatable bonds is 0. The summed E-state index contributed by atoms with van der Waals surface area (Å²) in [7, 11) is 0. The van der Waals surface area contributed by atoms with E-state index in [1.165, 1.54) is 0 Å². The predicted octanol–water partition coefficient (Wildman–Crippen LogP) is 1.09. The molecule has 0 fully saturated rings.